The lowest BCUT2D eigenvalue weighted by Gasteiger charge is -2.58. The quantitative estimate of drug-likeness (QED) is 0.248. The summed E-state index contributed by atoms with van der Waals surface area (Å²) in [4.78, 5) is 58.2. The van der Waals surface area contributed by atoms with E-state index in [-0.39, 0.29) is 11.8 Å². The average Bonchev–Trinajstić information content (AvgIpc) is 3.73. The molecule has 2 aromatic carbocycles. The molecule has 0 aromatic heterocycles. The number of piperazine rings is 2. The number of para-hydroxylation sites is 2. The zero-order valence-corrected chi connectivity index (χ0v) is 32.1. The highest BCUT2D eigenvalue weighted by molar-refractivity contribution is 8.78. The number of hydrogen-bond acceptors (Lipinski definition) is 12. The van der Waals surface area contributed by atoms with E-state index in [0.29, 0.717) is 22.5 Å². The third kappa shape index (κ3) is 3.20. The zero-order valence-electron chi connectivity index (χ0n) is 26.6. The van der Waals surface area contributed by atoms with E-state index in [1.165, 1.54) is 62.8 Å². The second-order valence-electron chi connectivity index (χ2n) is 13.7. The molecule has 4 bridgehead atoms. The van der Waals surface area contributed by atoms with Crippen molar-refractivity contribution in [2.75, 3.05) is 24.7 Å². The maximum Gasteiger partial charge on any atom is 0.264 e. The Hall–Kier alpha value is -1.89. The fraction of sp³-hybridized carbons (Fsp3) is 0.484. The van der Waals surface area contributed by atoms with Gasteiger partial charge in [-0.1, -0.05) is 92.8 Å². The molecule has 12 rings (SSSR count). The summed E-state index contributed by atoms with van der Waals surface area (Å²) in [5.74, 6) is -1.52. The molecule has 8 saturated heterocycles. The largest absolute Gasteiger partial charge is 0.388 e. The first-order valence-corrected chi connectivity index (χ1v) is 21.2. The number of amides is 4. The highest BCUT2D eigenvalue weighted by atomic mass is 35.6. The monoisotopic (exact) mass is 814 g/mol. The second kappa shape index (κ2) is 10.2. The molecule has 264 valence electrons. The van der Waals surface area contributed by atoms with Crippen molar-refractivity contribution in [1.29, 1.82) is 0 Å². The third-order valence-corrected chi connectivity index (χ3v) is 19.5. The maximum atomic E-state index is 14.7. The van der Waals surface area contributed by atoms with Crippen LogP contribution in [-0.2, 0) is 30.0 Å². The van der Waals surface area contributed by atoms with Crippen LogP contribution in [0.15, 0.2) is 48.5 Å². The first kappa shape index (κ1) is 33.9. The molecule has 8 fully saturated rings. The van der Waals surface area contributed by atoms with Crippen molar-refractivity contribution in [3.8, 4) is 0 Å². The van der Waals surface area contributed by atoms with Gasteiger partial charge in [0.15, 0.2) is 14.0 Å². The first-order chi connectivity index (χ1) is 23.6. The van der Waals surface area contributed by atoms with Crippen molar-refractivity contribution in [3.05, 3.63) is 59.7 Å². The van der Waals surface area contributed by atoms with Gasteiger partial charge < -0.3 is 30.6 Å². The lowest BCUT2D eigenvalue weighted by molar-refractivity contribution is -0.166. The molecule has 0 aliphatic carbocycles. The standard InChI is InChI=1S/C30H28N6O6S4.CHCl3/c1-25-21(39)35-19-27(13-9-5-7-11-15(13)31-19,17(37)29(35,45-43-25)23(41)33(25)3)28-14-10-6-8-12-16(14)32-20(28)36-22(40)26(2)34(4)24(42)30(36,18(28)38)46-44-26;2-1(3)4/h5-12,17-20,31-32,37-38H,1-4H3;1H/t17-,18-,19+,20+,25-,26?,27+,28+,29-,30-;/m0./s1. The Morgan fingerprint density at radius 3 is 1.34 bits per heavy atom. The molecule has 4 N–H and O–H groups in total. The van der Waals surface area contributed by atoms with Crippen LogP contribution in [0.1, 0.15) is 25.0 Å². The van der Waals surface area contributed by atoms with Crippen LogP contribution in [0.2, 0.25) is 0 Å². The van der Waals surface area contributed by atoms with Crippen molar-refractivity contribution < 1.29 is 29.4 Å². The van der Waals surface area contributed by atoms with Crippen LogP contribution in [0.3, 0.4) is 0 Å². The molecule has 50 heavy (non-hydrogen) atoms. The predicted molar refractivity (Wildman–Crippen MR) is 196 cm³/mol. The molecule has 1 unspecified atom stereocenters. The molecular weight excluding hydrogens is 787 g/mol. The molecule has 19 heteroatoms. The second-order valence-corrected chi connectivity index (χ2v) is 21.2. The van der Waals surface area contributed by atoms with E-state index in [4.69, 9.17) is 34.8 Å². The highest BCUT2D eigenvalue weighted by Crippen LogP contribution is 2.78. The molecule has 10 heterocycles. The number of carbonyl (C=O) groups excluding carboxylic acids is 4. The van der Waals surface area contributed by atoms with Crippen molar-refractivity contribution in [2.24, 2.45) is 0 Å². The average molecular weight is 816 g/mol. The Labute approximate surface area is 317 Å². The number of halogens is 3. The van der Waals surface area contributed by atoms with E-state index in [0.717, 1.165) is 0 Å². The predicted octanol–water partition coefficient (Wildman–Crippen LogP) is 3.32. The fourth-order valence-electron chi connectivity index (χ4n) is 9.79. The van der Waals surface area contributed by atoms with Crippen molar-refractivity contribution in [3.63, 3.8) is 0 Å². The number of alkyl halides is 3. The number of carbonyl (C=O) groups is 4. The summed E-state index contributed by atoms with van der Waals surface area (Å²) >= 11 is 14.4. The Balaban J connectivity index is 0.000000801. The van der Waals surface area contributed by atoms with Crippen molar-refractivity contribution >= 4 is 113 Å². The fourth-order valence-corrected chi connectivity index (χ4v) is 16.9. The van der Waals surface area contributed by atoms with E-state index in [1.54, 1.807) is 27.9 Å². The molecule has 2 spiro atoms. The minimum Gasteiger partial charge on any atom is -0.388 e. The van der Waals surface area contributed by atoms with Gasteiger partial charge in [0, 0.05) is 25.5 Å². The van der Waals surface area contributed by atoms with Crippen LogP contribution >= 0.6 is 78.0 Å². The van der Waals surface area contributed by atoms with E-state index in [2.05, 4.69) is 10.6 Å². The van der Waals surface area contributed by atoms with Crippen LogP contribution in [0.4, 0.5) is 11.4 Å². The molecule has 10 aliphatic rings. The van der Waals surface area contributed by atoms with Gasteiger partial charge in [0.1, 0.15) is 24.5 Å². The summed E-state index contributed by atoms with van der Waals surface area (Å²) in [7, 11) is 7.98. The summed E-state index contributed by atoms with van der Waals surface area (Å²) in [6.07, 6.45) is -5.21. The maximum absolute atomic E-state index is 14.7. The summed E-state index contributed by atoms with van der Waals surface area (Å²) in [6, 6.07) is 14.8. The number of aliphatic hydroxyl groups excluding tert-OH is 2. The van der Waals surface area contributed by atoms with Crippen LogP contribution in [0.25, 0.3) is 0 Å². The van der Waals surface area contributed by atoms with Crippen LogP contribution in [0, 0.1) is 0 Å². The van der Waals surface area contributed by atoms with Crippen LogP contribution < -0.4 is 10.6 Å². The number of rotatable bonds is 1. The van der Waals surface area contributed by atoms with Crippen molar-refractivity contribution in [1.82, 2.24) is 19.6 Å². The minimum atomic E-state index is -1.76. The topological polar surface area (TPSA) is 146 Å². The molecule has 10 atom stereocenters. The van der Waals surface area contributed by atoms with Gasteiger partial charge >= 0.3 is 0 Å². The van der Waals surface area contributed by atoms with Gasteiger partial charge in [-0.2, -0.15) is 0 Å². The lowest BCUT2D eigenvalue weighted by Crippen LogP contribution is -2.77. The number of hydrogen-bond donors (Lipinski definition) is 4. The Kier molecular flexibility index (Phi) is 6.92. The van der Waals surface area contributed by atoms with Gasteiger partial charge in [-0.05, 0) is 58.7 Å². The normalized spacial score (nSPS) is 44.0. The number of likely N-dealkylation sites (N-methyl/N-ethyl adjacent to an activating group) is 2. The molecule has 0 saturated carbocycles. The molecule has 4 amide bonds. The zero-order chi connectivity index (χ0) is 35.7. The first-order valence-electron chi connectivity index (χ1n) is 15.6. The smallest absolute Gasteiger partial charge is 0.264 e. The number of aliphatic hydroxyl groups is 2. The Bertz CT molecular complexity index is 1830. The lowest BCUT2D eigenvalue weighted by atomic mass is 9.52. The number of benzene rings is 2. The van der Waals surface area contributed by atoms with E-state index < -0.39 is 71.0 Å². The number of fused-ring (bicyclic) bond motifs is 11. The number of anilines is 2. The molecular formula is C31H29Cl3N6O6S4. The van der Waals surface area contributed by atoms with Gasteiger partial charge in [-0.3, -0.25) is 29.0 Å². The van der Waals surface area contributed by atoms with E-state index >= 15 is 0 Å². The van der Waals surface area contributed by atoms with E-state index in [1.807, 2.05) is 48.5 Å². The van der Waals surface area contributed by atoms with Gasteiger partial charge in [-0.15, -0.1) is 0 Å². The van der Waals surface area contributed by atoms with Gasteiger partial charge in [0.25, 0.3) is 23.6 Å². The van der Waals surface area contributed by atoms with Crippen LogP contribution in [-0.4, -0.2) is 116 Å². The molecule has 2 aromatic rings. The Morgan fingerprint density at radius 1 is 0.640 bits per heavy atom. The molecule has 0 radical (unpaired) electrons. The van der Waals surface area contributed by atoms with Gasteiger partial charge in [0.2, 0.25) is 9.74 Å². The summed E-state index contributed by atoms with van der Waals surface area (Å²) < 4.78 is -0.750. The summed E-state index contributed by atoms with van der Waals surface area (Å²) in [5, 5.41) is 33.6. The number of nitrogens with zero attached hydrogens (tertiary/aromatic N) is 4. The third-order valence-electron chi connectivity index (χ3n) is 12.1. The van der Waals surface area contributed by atoms with E-state index in [9.17, 15) is 29.4 Å². The summed E-state index contributed by atoms with van der Waals surface area (Å²) in [5.41, 5.74) is -0.775. The van der Waals surface area contributed by atoms with Crippen LogP contribution in [0.5, 0.6) is 0 Å². The van der Waals surface area contributed by atoms with Gasteiger partial charge in [-0.25, -0.2) is 0 Å². The number of nitrogens with one attached hydrogen (secondary N) is 2. The SMILES string of the molecule is CN1C(=O)[C@]23SSC1(C)C(=O)N2[C@H]1Nc2ccccc2[C@@]1([C@@]12c4ccccc4N[C@@H]1N1C(=O)[C@]4(C)SS[C@]1(C(=O)N4C)[C@H]2O)[C@@H]3O.ClC(Cl)Cl. The Morgan fingerprint density at radius 2 is 0.980 bits per heavy atom. The minimum absolute atomic E-state index is 0.342. The van der Waals surface area contributed by atoms with Crippen molar-refractivity contribution in [2.45, 2.75) is 73.0 Å². The highest BCUT2D eigenvalue weighted by Gasteiger charge is 2.92. The molecule has 12 nitrogen and oxygen atoms in total. The summed E-state index contributed by atoms with van der Waals surface area (Å²) in [6.45, 7) is 3.42. The van der Waals surface area contributed by atoms with Gasteiger partial charge in [0.05, 0.1) is 10.8 Å². The molecule has 10 aliphatic heterocycles.